The third kappa shape index (κ3) is 10.4. The number of fused-ring (bicyclic) bond motifs is 1. The molecule has 0 bridgehead atoms. The first-order valence-electron chi connectivity index (χ1n) is 15.0. The van der Waals surface area contributed by atoms with Crippen molar-refractivity contribution in [1.29, 1.82) is 0 Å². The maximum absolute atomic E-state index is 13.8. The number of phenolic OH excluding ortho intramolecular Hbond substituents is 2. The summed E-state index contributed by atoms with van der Waals surface area (Å²) in [5.41, 5.74) is 5.08. The second kappa shape index (κ2) is 15.5. The SMILES string of the molecule is CN(CCCCCC1=C(c2ccc(F)c(O)c2)CCCc2cc(O)ccc21)CCCCS(=O)(=O)CCCC(F)(F)C(F)(F)F. The Hall–Kier alpha value is -2.73. The summed E-state index contributed by atoms with van der Waals surface area (Å²) >= 11 is 0. The van der Waals surface area contributed by atoms with Crippen LogP contribution in [0, 0.1) is 5.82 Å². The van der Waals surface area contributed by atoms with Gasteiger partial charge in [0.05, 0.1) is 11.5 Å². The smallest absolute Gasteiger partial charge is 0.453 e. The lowest BCUT2D eigenvalue weighted by Gasteiger charge is -2.19. The van der Waals surface area contributed by atoms with E-state index in [1.54, 1.807) is 18.2 Å². The number of aryl methyl sites for hydroxylation is 1. The molecule has 0 heterocycles. The molecule has 0 radical (unpaired) electrons. The monoisotopic (exact) mass is 649 g/mol. The van der Waals surface area contributed by atoms with Crippen molar-refractivity contribution >= 4 is 21.0 Å². The van der Waals surface area contributed by atoms with Crippen LogP contribution in [0.25, 0.3) is 11.1 Å². The van der Waals surface area contributed by atoms with Crippen LogP contribution in [0.4, 0.5) is 26.3 Å². The maximum Gasteiger partial charge on any atom is 0.453 e. The molecule has 0 atom stereocenters. The minimum Gasteiger partial charge on any atom is -0.508 e. The van der Waals surface area contributed by atoms with E-state index in [2.05, 4.69) is 4.90 Å². The molecule has 246 valence electrons. The summed E-state index contributed by atoms with van der Waals surface area (Å²) in [6, 6.07) is 9.78. The Balaban J connectivity index is 1.45. The Kier molecular flexibility index (Phi) is 12.6. The average Bonchev–Trinajstić information content (AvgIpc) is 3.10. The normalized spacial score (nSPS) is 14.6. The highest BCUT2D eigenvalue weighted by molar-refractivity contribution is 7.91. The van der Waals surface area contributed by atoms with E-state index in [0.717, 1.165) is 79.3 Å². The van der Waals surface area contributed by atoms with Gasteiger partial charge in [-0.25, -0.2) is 12.8 Å². The number of hydrogen-bond donors (Lipinski definition) is 2. The van der Waals surface area contributed by atoms with Crippen molar-refractivity contribution in [2.24, 2.45) is 0 Å². The lowest BCUT2D eigenvalue weighted by Crippen LogP contribution is -2.36. The number of allylic oxidation sites excluding steroid dienone is 2. The summed E-state index contributed by atoms with van der Waals surface area (Å²) in [6.45, 7) is 1.41. The molecule has 0 aliphatic heterocycles. The van der Waals surface area contributed by atoms with Crippen LogP contribution in [-0.2, 0) is 16.3 Å². The zero-order valence-electron chi connectivity index (χ0n) is 24.9. The summed E-state index contributed by atoms with van der Waals surface area (Å²) in [7, 11) is -1.79. The number of unbranched alkanes of at least 4 members (excludes halogenated alkanes) is 3. The Morgan fingerprint density at radius 2 is 1.52 bits per heavy atom. The van der Waals surface area contributed by atoms with Gasteiger partial charge in [-0.15, -0.1) is 0 Å². The number of benzene rings is 2. The molecule has 2 aromatic rings. The Bertz CT molecular complexity index is 1390. The number of nitrogens with zero attached hydrogens (tertiary/aromatic N) is 1. The van der Waals surface area contributed by atoms with Gasteiger partial charge in [0.15, 0.2) is 11.6 Å². The average molecular weight is 650 g/mol. The van der Waals surface area contributed by atoms with Crippen molar-refractivity contribution in [3.63, 3.8) is 0 Å². The first-order chi connectivity index (χ1) is 20.6. The van der Waals surface area contributed by atoms with Crippen molar-refractivity contribution in [2.75, 3.05) is 31.6 Å². The number of phenols is 2. The van der Waals surface area contributed by atoms with Gasteiger partial charge in [-0.3, -0.25) is 0 Å². The van der Waals surface area contributed by atoms with Crippen molar-refractivity contribution < 1.29 is 45.0 Å². The van der Waals surface area contributed by atoms with E-state index in [1.165, 1.54) is 12.1 Å². The molecule has 2 aromatic carbocycles. The van der Waals surface area contributed by atoms with Gasteiger partial charge in [0.25, 0.3) is 0 Å². The van der Waals surface area contributed by atoms with Gasteiger partial charge in [-0.1, -0.05) is 18.6 Å². The molecule has 0 saturated heterocycles. The van der Waals surface area contributed by atoms with Gasteiger partial charge in [0, 0.05) is 6.42 Å². The molecule has 1 aliphatic carbocycles. The molecule has 0 spiro atoms. The van der Waals surface area contributed by atoms with Crippen molar-refractivity contribution in [3.8, 4) is 11.5 Å². The van der Waals surface area contributed by atoms with Crippen LogP contribution in [0.5, 0.6) is 11.5 Å². The maximum atomic E-state index is 13.8. The first kappa shape index (κ1) is 35.7. The quantitative estimate of drug-likeness (QED) is 0.142. The fourth-order valence-corrected chi connectivity index (χ4v) is 7.02. The summed E-state index contributed by atoms with van der Waals surface area (Å²) in [4.78, 5) is 2.08. The lowest BCUT2D eigenvalue weighted by atomic mass is 9.89. The molecule has 44 heavy (non-hydrogen) atoms. The molecule has 3 rings (SSSR count). The largest absolute Gasteiger partial charge is 0.508 e. The number of hydrogen-bond acceptors (Lipinski definition) is 5. The van der Waals surface area contributed by atoms with E-state index in [1.807, 2.05) is 13.1 Å². The highest BCUT2D eigenvalue weighted by atomic mass is 32.2. The van der Waals surface area contributed by atoms with Crippen molar-refractivity contribution in [3.05, 3.63) is 58.9 Å². The van der Waals surface area contributed by atoms with E-state index in [-0.39, 0.29) is 11.5 Å². The second-order valence-corrected chi connectivity index (χ2v) is 13.9. The Labute approximate surface area is 255 Å². The zero-order chi connectivity index (χ0) is 32.5. The number of halogens is 6. The molecule has 0 fully saturated rings. The first-order valence-corrected chi connectivity index (χ1v) is 16.8. The third-order valence-corrected chi connectivity index (χ3v) is 9.84. The van der Waals surface area contributed by atoms with E-state index < -0.39 is 52.1 Å². The molecule has 2 N–H and O–H groups in total. The van der Waals surface area contributed by atoms with Gasteiger partial charge < -0.3 is 15.1 Å². The minimum absolute atomic E-state index is 0.206. The van der Waals surface area contributed by atoms with Crippen molar-refractivity contribution in [1.82, 2.24) is 4.90 Å². The van der Waals surface area contributed by atoms with Crippen LogP contribution in [-0.4, -0.2) is 67.3 Å². The van der Waals surface area contributed by atoms with E-state index >= 15 is 0 Å². The molecular formula is C32H41F6NO4S. The van der Waals surface area contributed by atoms with Crippen LogP contribution in [0.15, 0.2) is 36.4 Å². The lowest BCUT2D eigenvalue weighted by molar-refractivity contribution is -0.284. The van der Waals surface area contributed by atoms with Gasteiger partial charge in [-0.2, -0.15) is 22.0 Å². The predicted molar refractivity (Wildman–Crippen MR) is 160 cm³/mol. The molecule has 0 aromatic heterocycles. The molecule has 0 saturated carbocycles. The number of rotatable bonds is 16. The number of aromatic hydroxyl groups is 2. The highest BCUT2D eigenvalue weighted by Gasteiger charge is 2.56. The van der Waals surface area contributed by atoms with Crippen LogP contribution in [0.1, 0.15) is 80.9 Å². The fraction of sp³-hybridized carbons (Fsp3) is 0.562. The second-order valence-electron chi connectivity index (χ2n) is 11.6. The summed E-state index contributed by atoms with van der Waals surface area (Å²) in [5.74, 6) is -6.69. The highest BCUT2D eigenvalue weighted by Crippen LogP contribution is 2.41. The molecule has 1 aliphatic rings. The van der Waals surface area contributed by atoms with Gasteiger partial charge in [0.1, 0.15) is 15.6 Å². The van der Waals surface area contributed by atoms with Crippen LogP contribution in [0.2, 0.25) is 0 Å². The third-order valence-electron chi connectivity index (χ3n) is 8.02. The topological polar surface area (TPSA) is 77.8 Å². The van der Waals surface area contributed by atoms with Gasteiger partial charge in [-0.05, 0) is 130 Å². The molecule has 0 amide bonds. The van der Waals surface area contributed by atoms with Crippen LogP contribution in [0.3, 0.4) is 0 Å². The van der Waals surface area contributed by atoms with E-state index in [0.29, 0.717) is 19.4 Å². The number of alkyl halides is 5. The van der Waals surface area contributed by atoms with Crippen LogP contribution >= 0.6 is 0 Å². The predicted octanol–water partition coefficient (Wildman–Crippen LogP) is 8.15. The summed E-state index contributed by atoms with van der Waals surface area (Å²) < 4.78 is 101. The minimum atomic E-state index is -5.68. The summed E-state index contributed by atoms with van der Waals surface area (Å²) in [5, 5.41) is 20.0. The molecular weight excluding hydrogens is 608 g/mol. The summed E-state index contributed by atoms with van der Waals surface area (Å²) in [6.07, 6.45) is -1.24. The van der Waals surface area contributed by atoms with Gasteiger partial charge >= 0.3 is 12.1 Å². The molecule has 5 nitrogen and oxygen atoms in total. The van der Waals surface area contributed by atoms with E-state index in [9.17, 15) is 45.0 Å². The zero-order valence-corrected chi connectivity index (χ0v) is 25.7. The molecule has 0 unspecified atom stereocenters. The Morgan fingerprint density at radius 1 is 0.841 bits per heavy atom. The molecule has 12 heteroatoms. The fourth-order valence-electron chi connectivity index (χ4n) is 5.59. The van der Waals surface area contributed by atoms with E-state index in [4.69, 9.17) is 0 Å². The van der Waals surface area contributed by atoms with Gasteiger partial charge in [0.2, 0.25) is 0 Å². The van der Waals surface area contributed by atoms with Crippen LogP contribution < -0.4 is 0 Å². The standard InChI is InChI=1S/C32H41F6NO4S/c1-39(18-5-6-19-44(42,43)20-8-16-31(34,35)32(36,37)38)17-4-2-3-10-28-26(24-12-15-29(33)30(41)22-24)11-7-9-23-21-25(40)13-14-27(23)28/h12-15,21-22,40-41H,2-11,16-20H2,1H3. The number of sulfone groups is 1. The Morgan fingerprint density at radius 3 is 2.20 bits per heavy atom. The van der Waals surface area contributed by atoms with Crippen molar-refractivity contribution in [2.45, 2.75) is 82.7 Å².